The van der Waals surface area contributed by atoms with Gasteiger partial charge in [0.2, 0.25) is 5.91 Å². The summed E-state index contributed by atoms with van der Waals surface area (Å²) in [6, 6.07) is 24.4. The second-order valence-electron chi connectivity index (χ2n) is 11.3. The lowest BCUT2D eigenvalue weighted by atomic mass is 9.91. The van der Waals surface area contributed by atoms with Crippen LogP contribution in [0.1, 0.15) is 48.0 Å². The van der Waals surface area contributed by atoms with Crippen molar-refractivity contribution in [2.45, 2.75) is 56.3 Å². The van der Waals surface area contributed by atoms with Gasteiger partial charge in [-0.3, -0.25) is 9.59 Å². The average Bonchev–Trinajstić information content (AvgIpc) is 3.39. The third kappa shape index (κ3) is 7.68. The topological polar surface area (TPSA) is 140 Å². The quantitative estimate of drug-likeness (QED) is 0.135. The fourth-order valence-corrected chi connectivity index (χ4v) is 6.53. The molecule has 2 aliphatic rings. The van der Waals surface area contributed by atoms with E-state index in [2.05, 4.69) is 22.2 Å². The van der Waals surface area contributed by atoms with E-state index >= 15 is 0 Å². The predicted molar refractivity (Wildman–Crippen MR) is 173 cm³/mol. The van der Waals surface area contributed by atoms with E-state index in [1.165, 1.54) is 11.8 Å². The van der Waals surface area contributed by atoms with Gasteiger partial charge in [-0.05, 0) is 34.9 Å². The molecule has 2 N–H and O–H groups in total. The van der Waals surface area contributed by atoms with Gasteiger partial charge in [-0.25, -0.2) is 19.7 Å². The van der Waals surface area contributed by atoms with E-state index in [0.29, 0.717) is 22.2 Å². The van der Waals surface area contributed by atoms with E-state index in [9.17, 15) is 19.5 Å². The van der Waals surface area contributed by atoms with Crippen LogP contribution in [0.5, 0.6) is 0 Å². The molecule has 0 aliphatic carbocycles. The van der Waals surface area contributed by atoms with E-state index in [1.54, 1.807) is 36.7 Å². The first-order chi connectivity index (χ1) is 22.9. The van der Waals surface area contributed by atoms with Crippen molar-refractivity contribution in [3.8, 4) is 0 Å². The fourth-order valence-electron chi connectivity index (χ4n) is 5.56. The number of alkyl carbamates (subject to hydrolysis) is 1. The molecule has 0 spiro atoms. The van der Waals surface area contributed by atoms with Gasteiger partial charge in [0, 0.05) is 29.6 Å². The maximum atomic E-state index is 13.4. The number of benzene rings is 3. The van der Waals surface area contributed by atoms with Crippen molar-refractivity contribution in [3.05, 3.63) is 120 Å². The lowest BCUT2D eigenvalue weighted by molar-refractivity contribution is -0.268. The van der Waals surface area contributed by atoms with Gasteiger partial charge in [-0.2, -0.15) is 0 Å². The molecule has 242 valence electrons. The number of carbonyl (C=O) groups is 3. The molecule has 12 heteroatoms. The maximum Gasteiger partial charge on any atom is 0.408 e. The molecule has 3 amide bonds. The minimum Gasteiger partial charge on any atom is -0.445 e. The first-order valence-electron chi connectivity index (χ1n) is 15.2. The summed E-state index contributed by atoms with van der Waals surface area (Å²) in [7, 11) is 0. The minimum absolute atomic E-state index is 0.0394. The van der Waals surface area contributed by atoms with Crippen LogP contribution < -0.4 is 10.2 Å². The molecule has 2 fully saturated rings. The van der Waals surface area contributed by atoms with Crippen LogP contribution >= 0.6 is 11.8 Å². The Kier molecular flexibility index (Phi) is 10.2. The zero-order valence-corrected chi connectivity index (χ0v) is 26.4. The first kappa shape index (κ1) is 32.3. The second-order valence-corrected chi connectivity index (χ2v) is 12.3. The van der Waals surface area contributed by atoms with Gasteiger partial charge in [-0.15, -0.1) is 0 Å². The molecule has 5 atom stereocenters. The van der Waals surface area contributed by atoms with E-state index < -0.39 is 30.2 Å². The van der Waals surface area contributed by atoms with Crippen LogP contribution in [0.2, 0.25) is 0 Å². The number of carbonyl (C=O) groups excluding carboxylic acids is 3. The molecule has 0 bridgehead atoms. The number of aliphatic hydroxyl groups is 1. The number of amides is 3. The van der Waals surface area contributed by atoms with Crippen molar-refractivity contribution < 1.29 is 33.7 Å². The van der Waals surface area contributed by atoms with Gasteiger partial charge in [0.1, 0.15) is 12.6 Å². The number of hydrogen-bond acceptors (Lipinski definition) is 10. The Balaban J connectivity index is 1.18. The smallest absolute Gasteiger partial charge is 0.408 e. The van der Waals surface area contributed by atoms with Crippen molar-refractivity contribution in [2.24, 2.45) is 5.92 Å². The average molecular weight is 655 g/mol. The van der Waals surface area contributed by atoms with Crippen molar-refractivity contribution in [1.82, 2.24) is 15.3 Å². The van der Waals surface area contributed by atoms with Crippen LogP contribution in [-0.2, 0) is 37.0 Å². The van der Waals surface area contributed by atoms with Gasteiger partial charge in [0.05, 0.1) is 30.9 Å². The number of nitrogens with one attached hydrogen (secondary N) is 1. The second kappa shape index (κ2) is 14.9. The maximum absolute atomic E-state index is 13.4. The number of nitrogens with zero attached hydrogens (tertiary/aromatic N) is 3. The number of hydrogen-bond donors (Lipinski definition) is 2. The lowest BCUT2D eigenvalue weighted by Crippen LogP contribution is -2.42. The molecule has 5 unspecified atom stereocenters. The Bertz CT molecular complexity index is 1690. The summed E-state index contributed by atoms with van der Waals surface area (Å²) >= 11 is 1.48. The van der Waals surface area contributed by atoms with Crippen LogP contribution in [0.3, 0.4) is 0 Å². The molecule has 11 nitrogen and oxygen atoms in total. The molecular formula is C35H34N4O7S. The molecule has 3 aromatic carbocycles. The summed E-state index contributed by atoms with van der Waals surface area (Å²) in [6.07, 6.45) is 0.986. The molecular weight excluding hydrogens is 620 g/mol. The third-order valence-corrected chi connectivity index (χ3v) is 9.06. The fraction of sp³-hybridized carbons (Fsp3) is 0.286. The van der Waals surface area contributed by atoms with Crippen molar-refractivity contribution in [2.75, 3.05) is 10.7 Å². The Labute approximate surface area is 276 Å². The third-order valence-electron chi connectivity index (χ3n) is 8.09. The Morgan fingerprint density at radius 3 is 2.47 bits per heavy atom. The molecule has 4 aromatic rings. The Morgan fingerprint density at radius 2 is 1.72 bits per heavy atom. The highest BCUT2D eigenvalue weighted by Crippen LogP contribution is 2.43. The van der Waals surface area contributed by atoms with Crippen molar-refractivity contribution in [3.63, 3.8) is 0 Å². The highest BCUT2D eigenvalue weighted by atomic mass is 32.2. The molecule has 6 rings (SSSR count). The highest BCUT2D eigenvalue weighted by Gasteiger charge is 2.42. The number of thioether (sulfide) groups is 1. The van der Waals surface area contributed by atoms with Gasteiger partial charge < -0.3 is 24.6 Å². The molecule has 1 aromatic heterocycles. The van der Waals surface area contributed by atoms with Gasteiger partial charge in [-0.1, -0.05) is 85.4 Å². The summed E-state index contributed by atoms with van der Waals surface area (Å²) in [4.78, 5) is 48.6. The number of rotatable bonds is 10. The number of aliphatic hydroxyl groups excluding tert-OH is 1. The van der Waals surface area contributed by atoms with E-state index in [-0.39, 0.29) is 37.8 Å². The molecule has 0 radical (unpaired) electrons. The van der Waals surface area contributed by atoms with Crippen molar-refractivity contribution >= 4 is 35.4 Å². The Morgan fingerprint density at radius 1 is 0.957 bits per heavy atom. The van der Waals surface area contributed by atoms with E-state index in [0.717, 1.165) is 21.6 Å². The molecule has 2 saturated heterocycles. The molecule has 2 aliphatic heterocycles. The Hall–Kier alpha value is -4.62. The highest BCUT2D eigenvalue weighted by molar-refractivity contribution is 7.99. The zero-order chi connectivity index (χ0) is 32.8. The summed E-state index contributed by atoms with van der Waals surface area (Å²) < 4.78 is 18.3. The summed E-state index contributed by atoms with van der Waals surface area (Å²) in [6.45, 7) is 2.04. The summed E-state index contributed by atoms with van der Waals surface area (Å²) in [5, 5.41) is 12.7. The summed E-state index contributed by atoms with van der Waals surface area (Å²) in [5.41, 5.74) is 3.50. The van der Waals surface area contributed by atoms with E-state index in [1.807, 2.05) is 60.7 Å². The van der Waals surface area contributed by atoms with Crippen LogP contribution in [0.4, 0.5) is 10.5 Å². The number of aromatic nitrogens is 2. The number of anilines is 1. The predicted octanol–water partition coefficient (Wildman–Crippen LogP) is 5.11. The van der Waals surface area contributed by atoms with Gasteiger partial charge >= 0.3 is 6.09 Å². The molecule has 47 heavy (non-hydrogen) atoms. The number of imide groups is 1. The van der Waals surface area contributed by atoms with Crippen LogP contribution in [0, 0.1) is 5.92 Å². The van der Waals surface area contributed by atoms with Crippen LogP contribution in [0.15, 0.2) is 102 Å². The lowest BCUT2D eigenvalue weighted by Gasteiger charge is -2.41. The van der Waals surface area contributed by atoms with E-state index in [4.69, 9.17) is 14.2 Å². The molecule has 0 saturated carbocycles. The zero-order valence-electron chi connectivity index (χ0n) is 25.6. The SMILES string of the molecule is CC1C(CSc2ncccn2)OC(c2cccc(N3C(=O)CC(NC(=O)OCc4ccccc4)C3=O)c2)OC1c1ccc(CO)cc1. The first-order valence-corrected chi connectivity index (χ1v) is 16.2. The van der Waals surface area contributed by atoms with Crippen LogP contribution in [0.25, 0.3) is 0 Å². The van der Waals surface area contributed by atoms with Crippen molar-refractivity contribution in [1.29, 1.82) is 0 Å². The normalized spacial score (nSPS) is 22.7. The number of ether oxygens (including phenoxy) is 3. The van der Waals surface area contributed by atoms with Gasteiger partial charge in [0.15, 0.2) is 11.4 Å². The minimum atomic E-state index is -1.05. The monoisotopic (exact) mass is 654 g/mol. The molecule has 3 heterocycles. The summed E-state index contributed by atoms with van der Waals surface area (Å²) in [5.74, 6) is -0.492. The van der Waals surface area contributed by atoms with Gasteiger partial charge in [0.25, 0.3) is 5.91 Å². The van der Waals surface area contributed by atoms with Crippen LogP contribution in [-0.4, -0.2) is 50.9 Å². The largest absolute Gasteiger partial charge is 0.445 e. The standard InChI is InChI=1S/C35H34N4O7S/c1-22-29(21-47-34-36-15-6-16-37-34)45-33(46-31(22)25-13-11-23(19-40)12-14-25)26-9-5-10-27(17-26)39-30(41)18-28(32(39)42)38-35(43)44-20-24-7-3-2-4-8-24/h2-17,22,28-29,31,33,40H,18-21H2,1H3,(H,38,43).